The lowest BCUT2D eigenvalue weighted by atomic mass is 9.93. The topological polar surface area (TPSA) is 52.6 Å². The summed E-state index contributed by atoms with van der Waals surface area (Å²) in [5, 5.41) is 12.8. The fourth-order valence-electron chi connectivity index (χ4n) is 2.80. The molecule has 21 heavy (non-hydrogen) atoms. The summed E-state index contributed by atoms with van der Waals surface area (Å²) in [6.45, 7) is 7.27. The molecule has 1 aromatic rings. The van der Waals surface area contributed by atoms with E-state index in [4.69, 9.17) is 0 Å². The third-order valence-corrected chi connectivity index (χ3v) is 4.34. The van der Waals surface area contributed by atoms with Crippen LogP contribution >= 0.6 is 0 Å². The van der Waals surface area contributed by atoms with Crippen LogP contribution in [0.5, 0.6) is 0 Å². The molecular weight excluding hydrogens is 264 g/mol. The smallest absolute Gasteiger partial charge is 0.317 e. The molecule has 2 amide bonds. The van der Waals surface area contributed by atoms with E-state index in [1.165, 1.54) is 5.56 Å². The van der Waals surface area contributed by atoms with Crippen molar-refractivity contribution in [1.82, 2.24) is 10.2 Å². The normalized spacial score (nSPS) is 21.7. The van der Waals surface area contributed by atoms with Gasteiger partial charge in [-0.2, -0.15) is 0 Å². The summed E-state index contributed by atoms with van der Waals surface area (Å²) in [6, 6.07) is 8.17. The Hall–Kier alpha value is -1.55. The average molecular weight is 290 g/mol. The SMILES string of the molecule is Cc1ccc(C(C)NC(=O)N2CCCC(C(C)O)C2)cc1. The number of urea groups is 1. The Kier molecular flexibility index (Phi) is 5.23. The molecule has 116 valence electrons. The Bertz CT molecular complexity index is 470. The van der Waals surface area contributed by atoms with Gasteiger partial charge < -0.3 is 15.3 Å². The predicted octanol–water partition coefficient (Wildman–Crippen LogP) is 2.86. The number of carbonyl (C=O) groups is 1. The number of hydrogen-bond donors (Lipinski definition) is 2. The molecule has 0 bridgehead atoms. The van der Waals surface area contributed by atoms with Crippen LogP contribution in [0.1, 0.15) is 43.9 Å². The van der Waals surface area contributed by atoms with Crippen molar-refractivity contribution >= 4 is 6.03 Å². The van der Waals surface area contributed by atoms with E-state index >= 15 is 0 Å². The predicted molar refractivity (Wildman–Crippen MR) is 84.1 cm³/mol. The zero-order valence-corrected chi connectivity index (χ0v) is 13.2. The number of carbonyl (C=O) groups excluding carboxylic acids is 1. The molecule has 3 atom stereocenters. The summed E-state index contributed by atoms with van der Waals surface area (Å²) in [7, 11) is 0. The molecule has 0 radical (unpaired) electrons. The number of nitrogens with one attached hydrogen (secondary N) is 1. The Morgan fingerprint density at radius 2 is 2.00 bits per heavy atom. The number of benzene rings is 1. The molecule has 2 N–H and O–H groups in total. The van der Waals surface area contributed by atoms with Crippen LogP contribution in [-0.2, 0) is 0 Å². The highest BCUT2D eigenvalue weighted by molar-refractivity contribution is 5.74. The first kappa shape index (κ1) is 15.8. The molecule has 1 aromatic carbocycles. The second kappa shape index (κ2) is 6.94. The first-order chi connectivity index (χ1) is 9.97. The van der Waals surface area contributed by atoms with E-state index in [0.29, 0.717) is 6.54 Å². The molecule has 2 rings (SSSR count). The zero-order chi connectivity index (χ0) is 15.4. The molecule has 4 heteroatoms. The van der Waals surface area contributed by atoms with E-state index in [0.717, 1.165) is 24.9 Å². The molecule has 0 spiro atoms. The molecule has 4 nitrogen and oxygen atoms in total. The summed E-state index contributed by atoms with van der Waals surface area (Å²) < 4.78 is 0. The highest BCUT2D eigenvalue weighted by Gasteiger charge is 2.27. The molecule has 1 heterocycles. The van der Waals surface area contributed by atoms with Crippen molar-refractivity contribution in [3.8, 4) is 0 Å². The van der Waals surface area contributed by atoms with Crippen LogP contribution in [0.4, 0.5) is 4.79 Å². The fourth-order valence-corrected chi connectivity index (χ4v) is 2.80. The number of piperidine rings is 1. The Labute approximate surface area is 127 Å². The molecule has 1 saturated heterocycles. The van der Waals surface area contributed by atoms with Crippen LogP contribution in [0.2, 0.25) is 0 Å². The van der Waals surface area contributed by atoms with E-state index in [2.05, 4.69) is 36.5 Å². The number of aliphatic hydroxyl groups excluding tert-OH is 1. The quantitative estimate of drug-likeness (QED) is 0.899. The number of rotatable bonds is 3. The van der Waals surface area contributed by atoms with E-state index in [1.807, 2.05) is 11.8 Å². The molecular formula is C17H26N2O2. The molecule has 1 aliphatic heterocycles. The Balaban J connectivity index is 1.92. The third-order valence-electron chi connectivity index (χ3n) is 4.34. The van der Waals surface area contributed by atoms with Gasteiger partial charge in [-0.15, -0.1) is 0 Å². The second-order valence-electron chi connectivity index (χ2n) is 6.17. The lowest BCUT2D eigenvalue weighted by Crippen LogP contribution is -2.47. The maximum absolute atomic E-state index is 12.4. The summed E-state index contributed by atoms with van der Waals surface area (Å²) in [6.07, 6.45) is 1.60. The zero-order valence-electron chi connectivity index (χ0n) is 13.2. The van der Waals surface area contributed by atoms with Crippen LogP contribution in [0.15, 0.2) is 24.3 Å². The molecule has 0 aromatic heterocycles. The third kappa shape index (κ3) is 4.21. The van der Waals surface area contributed by atoms with E-state index in [-0.39, 0.29) is 24.1 Å². The van der Waals surface area contributed by atoms with Crippen molar-refractivity contribution in [3.63, 3.8) is 0 Å². The van der Waals surface area contributed by atoms with Gasteiger partial charge in [0.2, 0.25) is 0 Å². The highest BCUT2D eigenvalue weighted by Crippen LogP contribution is 2.20. The maximum Gasteiger partial charge on any atom is 0.317 e. The van der Waals surface area contributed by atoms with Crippen molar-refractivity contribution in [3.05, 3.63) is 35.4 Å². The van der Waals surface area contributed by atoms with Gasteiger partial charge in [0.05, 0.1) is 12.1 Å². The van der Waals surface area contributed by atoms with Gasteiger partial charge in [-0.05, 0) is 39.2 Å². The summed E-state index contributed by atoms with van der Waals surface area (Å²) in [5.74, 6) is 0.194. The molecule has 1 fully saturated rings. The van der Waals surface area contributed by atoms with Gasteiger partial charge in [-0.25, -0.2) is 4.79 Å². The number of hydrogen-bond acceptors (Lipinski definition) is 2. The number of amides is 2. The lowest BCUT2D eigenvalue weighted by molar-refractivity contribution is 0.0734. The van der Waals surface area contributed by atoms with Gasteiger partial charge >= 0.3 is 6.03 Å². The molecule has 0 saturated carbocycles. The maximum atomic E-state index is 12.4. The summed E-state index contributed by atoms with van der Waals surface area (Å²) in [4.78, 5) is 14.2. The van der Waals surface area contributed by atoms with Gasteiger partial charge in [-0.1, -0.05) is 29.8 Å². The van der Waals surface area contributed by atoms with Crippen LogP contribution in [0.3, 0.4) is 0 Å². The van der Waals surface area contributed by atoms with Crippen LogP contribution in [-0.4, -0.2) is 35.2 Å². The number of aryl methyl sites for hydroxylation is 1. The Morgan fingerprint density at radius 3 is 2.62 bits per heavy atom. The van der Waals surface area contributed by atoms with Crippen LogP contribution in [0, 0.1) is 12.8 Å². The van der Waals surface area contributed by atoms with Crippen molar-refractivity contribution in [2.75, 3.05) is 13.1 Å². The molecule has 3 unspecified atom stereocenters. The fraction of sp³-hybridized carbons (Fsp3) is 0.588. The minimum absolute atomic E-state index is 0.00923. The molecule has 0 aliphatic carbocycles. The van der Waals surface area contributed by atoms with Crippen molar-refractivity contribution in [1.29, 1.82) is 0 Å². The largest absolute Gasteiger partial charge is 0.393 e. The van der Waals surface area contributed by atoms with Crippen LogP contribution < -0.4 is 5.32 Å². The molecule has 1 aliphatic rings. The van der Waals surface area contributed by atoms with Gasteiger partial charge in [0, 0.05) is 19.0 Å². The van der Waals surface area contributed by atoms with E-state index in [9.17, 15) is 9.90 Å². The second-order valence-corrected chi connectivity index (χ2v) is 6.17. The number of nitrogens with zero attached hydrogens (tertiary/aromatic N) is 1. The van der Waals surface area contributed by atoms with Crippen molar-refractivity contribution in [2.45, 2.75) is 45.8 Å². The van der Waals surface area contributed by atoms with Gasteiger partial charge in [-0.3, -0.25) is 0 Å². The number of likely N-dealkylation sites (tertiary alicyclic amines) is 1. The first-order valence-corrected chi connectivity index (χ1v) is 7.77. The van der Waals surface area contributed by atoms with E-state index in [1.54, 1.807) is 6.92 Å². The van der Waals surface area contributed by atoms with Crippen molar-refractivity contribution in [2.24, 2.45) is 5.92 Å². The van der Waals surface area contributed by atoms with Crippen LogP contribution in [0.25, 0.3) is 0 Å². The van der Waals surface area contributed by atoms with Gasteiger partial charge in [0.15, 0.2) is 0 Å². The van der Waals surface area contributed by atoms with E-state index < -0.39 is 0 Å². The number of aliphatic hydroxyl groups is 1. The minimum atomic E-state index is -0.352. The Morgan fingerprint density at radius 1 is 1.33 bits per heavy atom. The van der Waals surface area contributed by atoms with Gasteiger partial charge in [0.1, 0.15) is 0 Å². The lowest BCUT2D eigenvalue weighted by Gasteiger charge is -2.34. The van der Waals surface area contributed by atoms with Crippen molar-refractivity contribution < 1.29 is 9.90 Å². The summed E-state index contributed by atoms with van der Waals surface area (Å²) >= 11 is 0. The minimum Gasteiger partial charge on any atom is -0.393 e. The first-order valence-electron chi connectivity index (χ1n) is 7.77. The standard InChI is InChI=1S/C17H26N2O2/c1-12-6-8-15(9-7-12)13(2)18-17(21)19-10-4-5-16(11-19)14(3)20/h6-9,13-14,16,20H,4-5,10-11H2,1-3H3,(H,18,21). The van der Waals surface area contributed by atoms with Gasteiger partial charge in [0.25, 0.3) is 0 Å². The summed E-state index contributed by atoms with van der Waals surface area (Å²) in [5.41, 5.74) is 2.33. The average Bonchev–Trinajstić information content (AvgIpc) is 2.48. The highest BCUT2D eigenvalue weighted by atomic mass is 16.3. The monoisotopic (exact) mass is 290 g/mol.